The van der Waals surface area contributed by atoms with Crippen molar-refractivity contribution in [3.8, 4) is 17.2 Å². The Bertz CT molecular complexity index is 1240. The number of benzene rings is 2. The minimum atomic E-state index is -1.10. The molecule has 0 saturated carbocycles. The summed E-state index contributed by atoms with van der Waals surface area (Å²) in [6.07, 6.45) is -1.10. The van der Waals surface area contributed by atoms with Gasteiger partial charge in [-0.2, -0.15) is 0 Å². The maximum atomic E-state index is 12.9. The van der Waals surface area contributed by atoms with Gasteiger partial charge in [0.2, 0.25) is 6.10 Å². The lowest BCUT2D eigenvalue weighted by Gasteiger charge is -2.18. The number of esters is 2. The van der Waals surface area contributed by atoms with E-state index in [9.17, 15) is 14.4 Å². The molecule has 166 valence electrons. The van der Waals surface area contributed by atoms with Crippen LogP contribution < -0.4 is 19.8 Å². The van der Waals surface area contributed by atoms with Crippen molar-refractivity contribution in [3.05, 3.63) is 64.0 Å². The molecule has 0 radical (unpaired) electrons. The summed E-state index contributed by atoms with van der Waals surface area (Å²) in [6.45, 7) is -0.304. The molecule has 9 heteroatoms. The Morgan fingerprint density at radius 1 is 1.00 bits per heavy atom. The summed E-state index contributed by atoms with van der Waals surface area (Å²) in [5.74, 6) is -1.12. The highest BCUT2D eigenvalue weighted by molar-refractivity contribution is 5.88. The van der Waals surface area contributed by atoms with Gasteiger partial charge < -0.3 is 28.1 Å². The molecule has 1 aliphatic rings. The molecular formula is C23H20O9. The van der Waals surface area contributed by atoms with E-state index >= 15 is 0 Å². The van der Waals surface area contributed by atoms with Crippen LogP contribution in [-0.2, 0) is 19.1 Å². The van der Waals surface area contributed by atoms with Crippen molar-refractivity contribution in [2.24, 2.45) is 0 Å². The Morgan fingerprint density at radius 2 is 1.78 bits per heavy atom. The molecule has 4 rings (SSSR count). The van der Waals surface area contributed by atoms with E-state index in [1.54, 1.807) is 42.5 Å². The van der Waals surface area contributed by atoms with Gasteiger partial charge in [-0.3, -0.25) is 0 Å². The molecule has 2 heterocycles. The Balaban J connectivity index is 1.83. The number of fused-ring (bicyclic) bond motifs is 3. The standard InChI is InChI=1S/C23H20O9/c1-27-16-10-12(8-9-15(16)30-11-17(24)28-2)18-19-20(32-21(18)23(26)29-3)13-6-4-5-7-14(13)31-22(19)25/h4-10,18,21H,11H2,1-3H3/t18-,21+/m1/s1. The number of carbonyl (C=O) groups excluding carboxylic acids is 2. The van der Waals surface area contributed by atoms with Crippen molar-refractivity contribution in [2.45, 2.75) is 12.0 Å². The van der Waals surface area contributed by atoms with Crippen molar-refractivity contribution in [2.75, 3.05) is 27.9 Å². The predicted molar refractivity (Wildman–Crippen MR) is 111 cm³/mol. The molecule has 0 aliphatic carbocycles. The van der Waals surface area contributed by atoms with E-state index in [1.165, 1.54) is 21.3 Å². The van der Waals surface area contributed by atoms with E-state index in [0.717, 1.165) is 0 Å². The number of rotatable bonds is 6. The Labute approximate surface area is 182 Å². The molecule has 1 aliphatic heterocycles. The maximum absolute atomic E-state index is 12.9. The van der Waals surface area contributed by atoms with Crippen LogP contribution in [0.4, 0.5) is 0 Å². The smallest absolute Gasteiger partial charge is 0.348 e. The molecule has 0 fully saturated rings. The van der Waals surface area contributed by atoms with Gasteiger partial charge in [-0.25, -0.2) is 14.4 Å². The van der Waals surface area contributed by atoms with E-state index in [2.05, 4.69) is 4.74 Å². The molecule has 0 spiro atoms. The second-order valence-corrected chi connectivity index (χ2v) is 6.94. The monoisotopic (exact) mass is 440 g/mol. The van der Waals surface area contributed by atoms with Crippen molar-refractivity contribution in [1.29, 1.82) is 0 Å². The normalized spacial score (nSPS) is 16.7. The SMILES string of the molecule is COC(=O)COc1ccc([C@@H]2c3c(c4ccccc4oc3=O)O[C@@H]2C(=O)OC)cc1OC. The highest BCUT2D eigenvalue weighted by Crippen LogP contribution is 2.46. The van der Waals surface area contributed by atoms with Gasteiger partial charge in [0.15, 0.2) is 18.1 Å². The predicted octanol–water partition coefficient (Wildman–Crippen LogP) is 2.42. The third kappa shape index (κ3) is 3.62. The number of carbonyl (C=O) groups is 2. The largest absolute Gasteiger partial charge is 0.493 e. The van der Waals surface area contributed by atoms with E-state index in [0.29, 0.717) is 28.0 Å². The molecule has 0 unspecified atom stereocenters. The van der Waals surface area contributed by atoms with Crippen molar-refractivity contribution in [3.63, 3.8) is 0 Å². The van der Waals surface area contributed by atoms with Gasteiger partial charge in [0.25, 0.3) is 0 Å². The lowest BCUT2D eigenvalue weighted by Crippen LogP contribution is -2.31. The zero-order chi connectivity index (χ0) is 22.8. The number of methoxy groups -OCH3 is 3. The van der Waals surface area contributed by atoms with E-state index in [4.69, 9.17) is 23.4 Å². The van der Waals surface area contributed by atoms with Crippen LogP contribution >= 0.6 is 0 Å². The minimum Gasteiger partial charge on any atom is -0.493 e. The number of hydrogen-bond acceptors (Lipinski definition) is 9. The fourth-order valence-corrected chi connectivity index (χ4v) is 3.71. The summed E-state index contributed by atoms with van der Waals surface area (Å²) >= 11 is 0. The number of hydrogen-bond donors (Lipinski definition) is 0. The lowest BCUT2D eigenvalue weighted by molar-refractivity contribution is -0.148. The summed E-state index contributed by atoms with van der Waals surface area (Å²) in [7, 11) is 3.94. The van der Waals surface area contributed by atoms with Crippen LogP contribution in [0.3, 0.4) is 0 Å². The molecule has 32 heavy (non-hydrogen) atoms. The molecule has 1 aromatic heterocycles. The first-order valence-corrected chi connectivity index (χ1v) is 9.66. The summed E-state index contributed by atoms with van der Waals surface area (Å²) in [5.41, 5.74) is 0.498. The highest BCUT2D eigenvalue weighted by atomic mass is 16.6. The molecule has 2 aromatic carbocycles. The third-order valence-corrected chi connectivity index (χ3v) is 5.21. The topological polar surface area (TPSA) is 111 Å². The van der Waals surface area contributed by atoms with Crippen molar-refractivity contribution >= 4 is 22.9 Å². The molecular weight excluding hydrogens is 420 g/mol. The van der Waals surface area contributed by atoms with E-state index in [-0.39, 0.29) is 17.9 Å². The van der Waals surface area contributed by atoms with Gasteiger partial charge in [-0.05, 0) is 29.8 Å². The average molecular weight is 440 g/mol. The fourth-order valence-electron chi connectivity index (χ4n) is 3.71. The van der Waals surface area contributed by atoms with Gasteiger partial charge in [-0.1, -0.05) is 18.2 Å². The maximum Gasteiger partial charge on any atom is 0.348 e. The Kier molecular flexibility index (Phi) is 5.72. The van der Waals surface area contributed by atoms with Gasteiger partial charge in [0.1, 0.15) is 11.3 Å². The first kappa shape index (κ1) is 21.2. The quantitative estimate of drug-likeness (QED) is 0.421. The molecule has 0 N–H and O–H groups in total. The van der Waals surface area contributed by atoms with Gasteiger partial charge in [0.05, 0.1) is 38.2 Å². The highest BCUT2D eigenvalue weighted by Gasteiger charge is 2.45. The zero-order valence-electron chi connectivity index (χ0n) is 17.6. The molecule has 2 atom stereocenters. The second-order valence-electron chi connectivity index (χ2n) is 6.94. The summed E-state index contributed by atoms with van der Waals surface area (Å²) in [4.78, 5) is 36.8. The summed E-state index contributed by atoms with van der Waals surface area (Å²) < 4.78 is 31.8. The molecule has 0 saturated heterocycles. The van der Waals surface area contributed by atoms with Crippen LogP contribution in [0.25, 0.3) is 11.0 Å². The van der Waals surface area contributed by atoms with Crippen LogP contribution in [0.5, 0.6) is 17.2 Å². The molecule has 9 nitrogen and oxygen atoms in total. The van der Waals surface area contributed by atoms with Crippen molar-refractivity contribution < 1.29 is 37.7 Å². The lowest BCUT2D eigenvalue weighted by atomic mass is 9.88. The van der Waals surface area contributed by atoms with Crippen LogP contribution in [0, 0.1) is 0 Å². The first-order chi connectivity index (χ1) is 15.5. The van der Waals surface area contributed by atoms with Crippen molar-refractivity contribution in [1.82, 2.24) is 0 Å². The van der Waals surface area contributed by atoms with Crippen LogP contribution in [0.2, 0.25) is 0 Å². The van der Waals surface area contributed by atoms with E-state index in [1.807, 2.05) is 0 Å². The Morgan fingerprint density at radius 3 is 2.50 bits per heavy atom. The minimum absolute atomic E-state index is 0.212. The molecule has 0 amide bonds. The summed E-state index contributed by atoms with van der Waals surface area (Å²) in [5, 5.41) is 0.573. The Hall–Kier alpha value is -4.01. The fraction of sp³-hybridized carbons (Fsp3) is 0.261. The van der Waals surface area contributed by atoms with Crippen LogP contribution in [-0.4, -0.2) is 46.0 Å². The third-order valence-electron chi connectivity index (χ3n) is 5.21. The average Bonchev–Trinajstić information content (AvgIpc) is 3.23. The van der Waals surface area contributed by atoms with Gasteiger partial charge in [0, 0.05) is 0 Å². The molecule has 3 aromatic rings. The second kappa shape index (κ2) is 8.62. The van der Waals surface area contributed by atoms with Crippen LogP contribution in [0.1, 0.15) is 17.0 Å². The number of ether oxygens (including phenoxy) is 5. The number of para-hydroxylation sites is 1. The van der Waals surface area contributed by atoms with Crippen LogP contribution in [0.15, 0.2) is 51.7 Å². The summed E-state index contributed by atoms with van der Waals surface area (Å²) in [6, 6.07) is 11.8. The molecule has 0 bridgehead atoms. The van der Waals surface area contributed by atoms with E-state index < -0.39 is 29.6 Å². The first-order valence-electron chi connectivity index (χ1n) is 9.66. The van der Waals surface area contributed by atoms with Gasteiger partial charge >= 0.3 is 17.6 Å². The zero-order valence-corrected chi connectivity index (χ0v) is 17.6. The van der Waals surface area contributed by atoms with Gasteiger partial charge in [-0.15, -0.1) is 0 Å².